The van der Waals surface area contributed by atoms with E-state index in [1.165, 1.54) is 12.1 Å². The minimum atomic E-state index is -0.296. The van der Waals surface area contributed by atoms with Gasteiger partial charge in [-0.25, -0.2) is 4.39 Å². The number of benzene rings is 1. The van der Waals surface area contributed by atoms with Crippen LogP contribution < -0.4 is 5.32 Å². The summed E-state index contributed by atoms with van der Waals surface area (Å²) in [5.41, 5.74) is 2.32. The number of halogens is 1. The average Bonchev–Trinajstić information content (AvgIpc) is 3.02. The van der Waals surface area contributed by atoms with Gasteiger partial charge in [0, 0.05) is 12.1 Å². The highest BCUT2D eigenvalue weighted by molar-refractivity contribution is 7.17. The molecule has 1 aromatic carbocycles. The number of carbonyl (C=O) groups is 1. The Bertz CT molecular complexity index is 840. The zero-order valence-corrected chi connectivity index (χ0v) is 14.2. The number of hydrogen-bond donors (Lipinski definition) is 1. The molecule has 0 aliphatic heterocycles. The van der Waals surface area contributed by atoms with Crippen molar-refractivity contribution in [2.45, 2.75) is 32.9 Å². The molecule has 0 fully saturated rings. The van der Waals surface area contributed by atoms with Gasteiger partial charge >= 0.3 is 0 Å². The van der Waals surface area contributed by atoms with E-state index < -0.39 is 0 Å². The summed E-state index contributed by atoms with van der Waals surface area (Å²) in [6, 6.07) is 10.3. The van der Waals surface area contributed by atoms with Crippen LogP contribution in [0.4, 0.5) is 4.39 Å². The van der Waals surface area contributed by atoms with Crippen LogP contribution in [0.2, 0.25) is 0 Å². The summed E-state index contributed by atoms with van der Waals surface area (Å²) >= 11 is 1.61. The van der Waals surface area contributed by atoms with Crippen molar-refractivity contribution in [3.05, 3.63) is 58.9 Å². The van der Waals surface area contributed by atoms with Gasteiger partial charge in [0.2, 0.25) is 0 Å². The molecule has 3 aromatic rings. The van der Waals surface area contributed by atoms with Gasteiger partial charge < -0.3 is 9.88 Å². The third-order valence-corrected chi connectivity index (χ3v) is 4.35. The standard InChI is InChI=1S/C18H19FN2OS/c1-18(2,3)20-17(22)15-10-16-14(8-9-23-16)21(15)11-12-4-6-13(19)7-5-12/h4-10H,11H2,1-3H3,(H,20,22). The van der Waals surface area contributed by atoms with Crippen LogP contribution in [-0.2, 0) is 6.54 Å². The molecule has 0 bridgehead atoms. The molecule has 5 heteroatoms. The van der Waals surface area contributed by atoms with E-state index in [4.69, 9.17) is 0 Å². The van der Waals surface area contributed by atoms with Gasteiger partial charge in [-0.1, -0.05) is 12.1 Å². The van der Waals surface area contributed by atoms with Crippen molar-refractivity contribution < 1.29 is 9.18 Å². The van der Waals surface area contributed by atoms with Crippen molar-refractivity contribution in [1.82, 2.24) is 9.88 Å². The van der Waals surface area contributed by atoms with E-state index in [-0.39, 0.29) is 17.3 Å². The fourth-order valence-electron chi connectivity index (χ4n) is 2.51. The molecular weight excluding hydrogens is 311 g/mol. The van der Waals surface area contributed by atoms with E-state index in [1.807, 2.05) is 42.9 Å². The Balaban J connectivity index is 2.00. The maximum absolute atomic E-state index is 13.1. The third-order valence-electron chi connectivity index (χ3n) is 3.50. The molecule has 2 aromatic heterocycles. The van der Waals surface area contributed by atoms with Crippen LogP contribution in [0.15, 0.2) is 41.8 Å². The molecule has 0 aliphatic rings. The smallest absolute Gasteiger partial charge is 0.268 e. The van der Waals surface area contributed by atoms with Gasteiger partial charge in [0.25, 0.3) is 5.91 Å². The number of carbonyl (C=O) groups excluding carboxylic acids is 1. The summed E-state index contributed by atoms with van der Waals surface area (Å²) in [5, 5.41) is 5.02. The van der Waals surface area contributed by atoms with E-state index in [1.54, 1.807) is 23.5 Å². The van der Waals surface area contributed by atoms with Gasteiger partial charge in [-0.2, -0.15) is 0 Å². The van der Waals surface area contributed by atoms with Crippen LogP contribution in [0, 0.1) is 5.82 Å². The van der Waals surface area contributed by atoms with Gasteiger partial charge in [-0.3, -0.25) is 4.79 Å². The summed E-state index contributed by atoms with van der Waals surface area (Å²) in [5.74, 6) is -0.351. The van der Waals surface area contributed by atoms with Crippen LogP contribution in [-0.4, -0.2) is 16.0 Å². The number of thiophene rings is 1. The number of rotatable bonds is 3. The second kappa shape index (κ2) is 5.81. The molecular formula is C18H19FN2OS. The minimum Gasteiger partial charge on any atom is -0.346 e. The highest BCUT2D eigenvalue weighted by Gasteiger charge is 2.20. The van der Waals surface area contributed by atoms with Crippen LogP contribution in [0.3, 0.4) is 0 Å². The molecule has 0 saturated heterocycles. The molecule has 1 N–H and O–H groups in total. The van der Waals surface area contributed by atoms with Gasteiger partial charge in [0.05, 0.1) is 10.2 Å². The number of fused-ring (bicyclic) bond motifs is 1. The Hall–Kier alpha value is -2.14. The molecule has 0 atom stereocenters. The number of nitrogens with one attached hydrogen (secondary N) is 1. The summed E-state index contributed by atoms with van der Waals surface area (Å²) < 4.78 is 16.2. The lowest BCUT2D eigenvalue weighted by atomic mass is 10.1. The van der Waals surface area contributed by atoms with Crippen LogP contribution >= 0.6 is 11.3 Å². The number of aromatic nitrogens is 1. The number of hydrogen-bond acceptors (Lipinski definition) is 2. The highest BCUT2D eigenvalue weighted by Crippen LogP contribution is 2.26. The van der Waals surface area contributed by atoms with E-state index >= 15 is 0 Å². The molecule has 0 unspecified atom stereocenters. The Morgan fingerprint density at radius 3 is 2.57 bits per heavy atom. The fourth-order valence-corrected chi connectivity index (χ4v) is 3.33. The molecule has 1 amide bonds. The van der Waals surface area contributed by atoms with Crippen molar-refractivity contribution >= 4 is 27.5 Å². The Morgan fingerprint density at radius 2 is 1.91 bits per heavy atom. The number of nitrogens with zero attached hydrogens (tertiary/aromatic N) is 1. The molecule has 0 radical (unpaired) electrons. The quantitative estimate of drug-likeness (QED) is 0.758. The van der Waals surface area contributed by atoms with Gasteiger partial charge in [-0.05, 0) is 56.0 Å². The largest absolute Gasteiger partial charge is 0.346 e. The van der Waals surface area contributed by atoms with Gasteiger partial charge in [0.1, 0.15) is 11.5 Å². The van der Waals surface area contributed by atoms with Crippen molar-refractivity contribution in [1.29, 1.82) is 0 Å². The molecule has 0 saturated carbocycles. The van der Waals surface area contributed by atoms with Crippen LogP contribution in [0.25, 0.3) is 10.2 Å². The first-order valence-electron chi connectivity index (χ1n) is 7.47. The summed E-state index contributed by atoms with van der Waals surface area (Å²) in [7, 11) is 0. The first-order chi connectivity index (χ1) is 10.8. The topological polar surface area (TPSA) is 34.0 Å². The zero-order valence-electron chi connectivity index (χ0n) is 13.4. The first-order valence-corrected chi connectivity index (χ1v) is 8.35. The Morgan fingerprint density at radius 1 is 1.22 bits per heavy atom. The Kier molecular flexibility index (Phi) is 3.98. The minimum absolute atomic E-state index is 0.0944. The first kappa shape index (κ1) is 15.7. The maximum atomic E-state index is 13.1. The SMILES string of the molecule is CC(C)(C)NC(=O)c1cc2sccc2n1Cc1ccc(F)cc1. The van der Waals surface area contributed by atoms with E-state index in [0.717, 1.165) is 15.8 Å². The lowest BCUT2D eigenvalue weighted by Gasteiger charge is -2.21. The van der Waals surface area contributed by atoms with Crippen LogP contribution in [0.1, 0.15) is 36.8 Å². The predicted molar refractivity (Wildman–Crippen MR) is 92.5 cm³/mol. The highest BCUT2D eigenvalue weighted by atomic mass is 32.1. The summed E-state index contributed by atoms with van der Waals surface area (Å²) in [6.45, 7) is 6.41. The van der Waals surface area contributed by atoms with Crippen molar-refractivity contribution in [3.63, 3.8) is 0 Å². The normalized spacial score (nSPS) is 11.8. The lowest BCUT2D eigenvalue weighted by molar-refractivity contribution is 0.0911. The fraction of sp³-hybridized carbons (Fsp3) is 0.278. The zero-order chi connectivity index (χ0) is 16.6. The van der Waals surface area contributed by atoms with E-state index in [2.05, 4.69) is 5.32 Å². The maximum Gasteiger partial charge on any atom is 0.268 e. The summed E-state index contributed by atoms with van der Waals surface area (Å²) in [6.07, 6.45) is 0. The monoisotopic (exact) mass is 330 g/mol. The Labute approximate surface area is 138 Å². The van der Waals surface area contributed by atoms with Gasteiger partial charge in [-0.15, -0.1) is 11.3 Å². The predicted octanol–water partition coefficient (Wildman–Crippen LogP) is 4.42. The molecule has 3 nitrogen and oxygen atoms in total. The van der Waals surface area contributed by atoms with E-state index in [9.17, 15) is 9.18 Å². The van der Waals surface area contributed by atoms with Crippen molar-refractivity contribution in [3.8, 4) is 0 Å². The second-order valence-electron chi connectivity index (χ2n) is 6.62. The molecule has 3 rings (SSSR count). The van der Waals surface area contributed by atoms with Crippen molar-refractivity contribution in [2.24, 2.45) is 0 Å². The molecule has 2 heterocycles. The van der Waals surface area contributed by atoms with Crippen molar-refractivity contribution in [2.75, 3.05) is 0 Å². The number of amides is 1. The second-order valence-corrected chi connectivity index (χ2v) is 7.56. The molecule has 120 valence electrons. The molecule has 0 aliphatic carbocycles. The third kappa shape index (κ3) is 3.45. The van der Waals surface area contributed by atoms with Gasteiger partial charge in [0.15, 0.2) is 0 Å². The molecule has 23 heavy (non-hydrogen) atoms. The average molecular weight is 330 g/mol. The van der Waals surface area contributed by atoms with Crippen LogP contribution in [0.5, 0.6) is 0 Å². The molecule has 0 spiro atoms. The lowest BCUT2D eigenvalue weighted by Crippen LogP contribution is -2.41. The summed E-state index contributed by atoms with van der Waals surface area (Å²) in [4.78, 5) is 12.6. The van der Waals surface area contributed by atoms with E-state index in [0.29, 0.717) is 12.2 Å².